The van der Waals surface area contributed by atoms with Gasteiger partial charge in [0.1, 0.15) is 17.2 Å². The number of benzene rings is 1. The highest BCUT2D eigenvalue weighted by molar-refractivity contribution is 7.87. The van der Waals surface area contributed by atoms with Crippen LogP contribution in [0.15, 0.2) is 12.1 Å². The van der Waals surface area contributed by atoms with Crippen LogP contribution in [0.5, 0.6) is 5.75 Å². The van der Waals surface area contributed by atoms with Gasteiger partial charge in [0, 0.05) is 19.2 Å². The monoisotopic (exact) mass is 436 g/mol. The van der Waals surface area contributed by atoms with Crippen LogP contribution in [0.1, 0.15) is 49.4 Å². The molecular weight excluding hydrogens is 414 g/mol. The molecule has 1 aliphatic heterocycles. The summed E-state index contributed by atoms with van der Waals surface area (Å²) in [6.45, 7) is 2.50. The largest absolute Gasteiger partial charge is 0.492 e. The first-order valence-corrected chi connectivity index (χ1v) is 11.0. The number of hydrogen-bond acceptors (Lipinski definition) is 4. The molecule has 156 valence electrons. The second-order valence-corrected chi connectivity index (χ2v) is 9.70. The average Bonchev–Trinajstić information content (AvgIpc) is 2.53. The van der Waals surface area contributed by atoms with Crippen molar-refractivity contribution in [3.8, 4) is 5.75 Å². The first-order valence-electron chi connectivity index (χ1n) is 9.20. The fourth-order valence-electron chi connectivity index (χ4n) is 3.23. The lowest BCUT2D eigenvalue weighted by Gasteiger charge is -2.31. The van der Waals surface area contributed by atoms with Gasteiger partial charge < -0.3 is 4.74 Å². The smallest absolute Gasteiger partial charge is 0.304 e. The lowest BCUT2D eigenvalue weighted by Crippen LogP contribution is -2.49. The van der Waals surface area contributed by atoms with Gasteiger partial charge in [-0.15, -0.1) is 0 Å². The van der Waals surface area contributed by atoms with Gasteiger partial charge in [0.05, 0.1) is 17.2 Å². The van der Waals surface area contributed by atoms with Crippen molar-refractivity contribution in [2.75, 3.05) is 19.7 Å². The number of carbonyl (C=O) groups is 1. The third-order valence-electron chi connectivity index (χ3n) is 5.27. The molecule has 1 aromatic carbocycles. The van der Waals surface area contributed by atoms with Gasteiger partial charge in [-0.2, -0.15) is 12.7 Å². The Balaban J connectivity index is 1.63. The van der Waals surface area contributed by atoms with E-state index in [-0.39, 0.29) is 23.3 Å². The van der Waals surface area contributed by atoms with Crippen LogP contribution in [0.2, 0.25) is 5.02 Å². The first-order chi connectivity index (χ1) is 13.1. The Morgan fingerprint density at radius 2 is 2.00 bits per heavy atom. The molecule has 1 aliphatic carbocycles. The topological polar surface area (TPSA) is 75.7 Å². The fourth-order valence-corrected chi connectivity index (χ4v) is 4.66. The van der Waals surface area contributed by atoms with Crippen LogP contribution in [-0.4, -0.2) is 44.0 Å². The van der Waals surface area contributed by atoms with Gasteiger partial charge in [-0.05, 0) is 51.0 Å². The molecule has 0 spiro atoms. The third kappa shape index (κ3) is 4.93. The third-order valence-corrected chi connectivity index (χ3v) is 7.05. The van der Waals surface area contributed by atoms with E-state index in [1.165, 1.54) is 0 Å². The van der Waals surface area contributed by atoms with Gasteiger partial charge >= 0.3 is 10.2 Å². The van der Waals surface area contributed by atoms with Gasteiger partial charge in [0.2, 0.25) is 0 Å². The fraction of sp³-hybridized carbons (Fsp3) is 0.611. The van der Waals surface area contributed by atoms with Crippen molar-refractivity contribution in [2.45, 2.75) is 44.7 Å². The number of nitrogens with one attached hydrogen (secondary N) is 1. The number of rotatable bonds is 6. The van der Waals surface area contributed by atoms with E-state index in [2.05, 4.69) is 0 Å². The van der Waals surface area contributed by atoms with Crippen molar-refractivity contribution < 1.29 is 26.7 Å². The van der Waals surface area contributed by atoms with Crippen molar-refractivity contribution in [1.82, 2.24) is 9.03 Å². The molecule has 0 radical (unpaired) electrons. The highest BCUT2D eigenvalue weighted by atomic mass is 35.5. The van der Waals surface area contributed by atoms with Crippen LogP contribution in [0.4, 0.5) is 8.78 Å². The van der Waals surface area contributed by atoms with E-state index in [0.29, 0.717) is 45.2 Å². The quantitative estimate of drug-likeness (QED) is 0.741. The van der Waals surface area contributed by atoms with E-state index >= 15 is 0 Å². The summed E-state index contributed by atoms with van der Waals surface area (Å²) in [4.78, 5) is 12.2. The predicted octanol–water partition coefficient (Wildman–Crippen LogP) is 3.46. The minimum atomic E-state index is -3.98. The van der Waals surface area contributed by atoms with Gasteiger partial charge in [-0.1, -0.05) is 11.6 Å². The van der Waals surface area contributed by atoms with E-state index in [1.54, 1.807) is 6.92 Å². The summed E-state index contributed by atoms with van der Waals surface area (Å²) in [7, 11) is -3.98. The van der Waals surface area contributed by atoms with Crippen LogP contribution in [0.25, 0.3) is 0 Å². The van der Waals surface area contributed by atoms with Gasteiger partial charge in [0.25, 0.3) is 5.91 Å². The maximum atomic E-state index is 14.4. The van der Waals surface area contributed by atoms with Gasteiger partial charge in [0.15, 0.2) is 0 Å². The molecule has 3 rings (SSSR count). The normalized spacial score (nSPS) is 25.8. The summed E-state index contributed by atoms with van der Waals surface area (Å²) >= 11 is 6.09. The Labute approximate surface area is 168 Å². The summed E-state index contributed by atoms with van der Waals surface area (Å²) < 4.78 is 60.6. The number of halogens is 3. The maximum absolute atomic E-state index is 14.4. The summed E-state index contributed by atoms with van der Waals surface area (Å²) in [5.74, 6) is -1.81. The molecule has 28 heavy (non-hydrogen) atoms. The van der Waals surface area contributed by atoms with E-state index in [0.717, 1.165) is 16.4 Å². The summed E-state index contributed by atoms with van der Waals surface area (Å²) in [6.07, 6.45) is 2.96. The number of alkyl halides is 1. The molecule has 0 aromatic heterocycles. The molecule has 2 aliphatic rings. The second-order valence-electron chi connectivity index (χ2n) is 7.62. The number of amides is 1. The average molecular weight is 437 g/mol. The van der Waals surface area contributed by atoms with Crippen molar-refractivity contribution in [3.63, 3.8) is 0 Å². The Kier molecular flexibility index (Phi) is 6.17. The summed E-state index contributed by atoms with van der Waals surface area (Å²) in [5, 5.41) is -0.000891. The van der Waals surface area contributed by atoms with Gasteiger partial charge in [-0.3, -0.25) is 4.79 Å². The molecule has 1 saturated carbocycles. The van der Waals surface area contributed by atoms with E-state index in [1.807, 2.05) is 4.72 Å². The van der Waals surface area contributed by atoms with E-state index < -0.39 is 33.2 Å². The maximum Gasteiger partial charge on any atom is 0.304 e. The highest BCUT2D eigenvalue weighted by Gasteiger charge is 2.32. The van der Waals surface area contributed by atoms with Crippen LogP contribution in [-0.2, 0) is 10.2 Å². The number of hydrogen-bond donors (Lipinski definition) is 1. The first kappa shape index (κ1) is 21.3. The minimum absolute atomic E-state index is 0.000891. The molecule has 0 atom stereocenters. The molecular formula is C18H23ClF2N2O4S. The zero-order valence-corrected chi connectivity index (χ0v) is 17.1. The predicted molar refractivity (Wildman–Crippen MR) is 101 cm³/mol. The van der Waals surface area contributed by atoms with Crippen LogP contribution in [0, 0.1) is 11.7 Å². The van der Waals surface area contributed by atoms with Crippen molar-refractivity contribution in [1.29, 1.82) is 0 Å². The molecule has 1 heterocycles. The lowest BCUT2D eigenvalue weighted by atomic mass is 9.81. The molecule has 6 nitrogen and oxygen atoms in total. The number of ether oxygens (including phenoxy) is 1. The highest BCUT2D eigenvalue weighted by Crippen LogP contribution is 2.35. The summed E-state index contributed by atoms with van der Waals surface area (Å²) in [6, 6.07) is 2.02. The molecule has 1 saturated heterocycles. The molecule has 0 unspecified atom stereocenters. The Hall–Kier alpha value is -1.45. The zero-order chi connectivity index (χ0) is 20.5. The Morgan fingerprint density at radius 3 is 2.57 bits per heavy atom. The van der Waals surface area contributed by atoms with Gasteiger partial charge in [-0.25, -0.2) is 13.5 Å². The molecule has 0 bridgehead atoms. The van der Waals surface area contributed by atoms with Crippen molar-refractivity contribution in [2.24, 2.45) is 5.92 Å². The molecule has 1 N–H and O–H groups in total. The number of carbonyl (C=O) groups excluding carboxylic acids is 1. The minimum Gasteiger partial charge on any atom is -0.492 e. The van der Waals surface area contributed by atoms with Crippen molar-refractivity contribution in [3.05, 3.63) is 28.5 Å². The van der Waals surface area contributed by atoms with Crippen molar-refractivity contribution >= 4 is 27.7 Å². The SMILES string of the molecule is C[C@]1(F)CC[C@H](COc2cc(F)c(C(=O)NS(=O)(=O)N3CCC3)cc2Cl)CC1. The molecule has 2 fully saturated rings. The standard InChI is InChI=1S/C18H23ClF2N2O4S/c1-18(21)5-3-12(4-6-18)11-27-16-10-15(20)13(9-14(16)19)17(24)22-28(25,26)23-7-2-8-23/h9-10,12H,2-8,11H2,1H3,(H,22,24)/t12-,18-. The molecule has 1 amide bonds. The van der Waals surface area contributed by atoms with Crippen LogP contribution in [0.3, 0.4) is 0 Å². The number of nitrogens with zero attached hydrogens (tertiary/aromatic N) is 1. The lowest BCUT2D eigenvalue weighted by molar-refractivity contribution is 0.0846. The van der Waals surface area contributed by atoms with Crippen LogP contribution >= 0.6 is 11.6 Å². The van der Waals surface area contributed by atoms with E-state index in [9.17, 15) is 22.0 Å². The summed E-state index contributed by atoms with van der Waals surface area (Å²) in [5.41, 5.74) is -1.63. The van der Waals surface area contributed by atoms with E-state index in [4.69, 9.17) is 16.3 Å². The Bertz CT molecular complexity index is 849. The molecule has 10 heteroatoms. The molecule has 1 aromatic rings. The Morgan fingerprint density at radius 1 is 1.36 bits per heavy atom. The van der Waals surface area contributed by atoms with Crippen LogP contribution < -0.4 is 9.46 Å². The zero-order valence-electron chi connectivity index (χ0n) is 15.5. The second kappa shape index (κ2) is 8.12.